The first-order valence-electron chi connectivity index (χ1n) is 6.03. The van der Waals surface area contributed by atoms with Gasteiger partial charge in [0, 0.05) is 17.8 Å². The molecule has 0 radical (unpaired) electrons. The molecule has 0 atom stereocenters. The van der Waals surface area contributed by atoms with Gasteiger partial charge < -0.3 is 13.7 Å². The van der Waals surface area contributed by atoms with Crippen molar-refractivity contribution in [1.29, 1.82) is 0 Å². The summed E-state index contributed by atoms with van der Waals surface area (Å²) in [7, 11) is 1.39. The van der Waals surface area contributed by atoms with E-state index in [1.165, 1.54) is 7.11 Å². The monoisotopic (exact) mass is 259 g/mol. The van der Waals surface area contributed by atoms with Gasteiger partial charge in [0.2, 0.25) is 0 Å². The minimum atomic E-state index is -0.334. The van der Waals surface area contributed by atoms with Crippen molar-refractivity contribution in [3.63, 3.8) is 0 Å². The zero-order valence-corrected chi connectivity index (χ0v) is 11.4. The second-order valence-corrected chi connectivity index (χ2v) is 4.34. The standard InChI is InChI=1S/C15H17NO3/c1-5-7-16-11(3)10(2)13(15(17)18-4)14(16)12-6-8-19-9-12/h5-6,8-9H,1,7H2,2-4H3. The van der Waals surface area contributed by atoms with E-state index in [1.54, 1.807) is 18.6 Å². The third-order valence-corrected chi connectivity index (χ3v) is 3.33. The molecule has 0 unspecified atom stereocenters. The van der Waals surface area contributed by atoms with Gasteiger partial charge in [-0.15, -0.1) is 6.58 Å². The molecule has 0 aliphatic carbocycles. The highest BCUT2D eigenvalue weighted by atomic mass is 16.5. The third kappa shape index (κ3) is 2.10. The Morgan fingerprint density at radius 3 is 2.79 bits per heavy atom. The number of esters is 1. The van der Waals surface area contributed by atoms with Crippen molar-refractivity contribution in [2.45, 2.75) is 20.4 Å². The number of aromatic nitrogens is 1. The normalized spacial score (nSPS) is 10.5. The number of carbonyl (C=O) groups excluding carboxylic acids is 1. The van der Waals surface area contributed by atoms with Crippen LogP contribution >= 0.6 is 0 Å². The zero-order chi connectivity index (χ0) is 14.0. The summed E-state index contributed by atoms with van der Waals surface area (Å²) in [6.07, 6.45) is 5.02. The van der Waals surface area contributed by atoms with Gasteiger partial charge in [-0.25, -0.2) is 4.79 Å². The molecule has 0 bridgehead atoms. The molecular weight excluding hydrogens is 242 g/mol. The Bertz CT molecular complexity index is 606. The van der Waals surface area contributed by atoms with Crippen LogP contribution in [0.2, 0.25) is 0 Å². The minimum absolute atomic E-state index is 0.334. The predicted molar refractivity (Wildman–Crippen MR) is 73.1 cm³/mol. The van der Waals surface area contributed by atoms with Crippen LogP contribution in [0.3, 0.4) is 0 Å². The van der Waals surface area contributed by atoms with E-state index < -0.39 is 0 Å². The summed E-state index contributed by atoms with van der Waals surface area (Å²) >= 11 is 0. The average Bonchev–Trinajstić information content (AvgIpc) is 3.00. The van der Waals surface area contributed by atoms with Crippen LogP contribution in [0.4, 0.5) is 0 Å². The smallest absolute Gasteiger partial charge is 0.340 e. The second-order valence-electron chi connectivity index (χ2n) is 4.34. The van der Waals surface area contributed by atoms with Gasteiger partial charge in [0.15, 0.2) is 0 Å². The van der Waals surface area contributed by atoms with Crippen molar-refractivity contribution in [1.82, 2.24) is 4.57 Å². The molecular formula is C15H17NO3. The quantitative estimate of drug-likeness (QED) is 0.625. The lowest BCUT2D eigenvalue weighted by molar-refractivity contribution is 0.0601. The zero-order valence-electron chi connectivity index (χ0n) is 11.4. The Morgan fingerprint density at radius 2 is 2.26 bits per heavy atom. The van der Waals surface area contributed by atoms with Crippen LogP contribution in [0.15, 0.2) is 35.7 Å². The first-order chi connectivity index (χ1) is 9.11. The Kier molecular flexibility index (Phi) is 3.60. The summed E-state index contributed by atoms with van der Waals surface area (Å²) in [5.74, 6) is -0.334. The van der Waals surface area contributed by atoms with Crippen molar-refractivity contribution >= 4 is 5.97 Å². The molecule has 2 aromatic heterocycles. The van der Waals surface area contributed by atoms with E-state index >= 15 is 0 Å². The van der Waals surface area contributed by atoms with Crippen LogP contribution in [0.25, 0.3) is 11.3 Å². The van der Waals surface area contributed by atoms with Crippen LogP contribution in [0.5, 0.6) is 0 Å². The van der Waals surface area contributed by atoms with Crippen LogP contribution in [0.1, 0.15) is 21.6 Å². The molecule has 0 saturated heterocycles. The maximum Gasteiger partial charge on any atom is 0.340 e. The maximum atomic E-state index is 12.0. The summed E-state index contributed by atoms with van der Waals surface area (Å²) in [4.78, 5) is 12.0. The molecule has 0 fully saturated rings. The van der Waals surface area contributed by atoms with Gasteiger partial charge in [-0.05, 0) is 25.5 Å². The van der Waals surface area contributed by atoms with E-state index in [9.17, 15) is 4.79 Å². The summed E-state index contributed by atoms with van der Waals surface area (Å²) < 4.78 is 12.1. The van der Waals surface area contributed by atoms with Gasteiger partial charge in [0.1, 0.15) is 0 Å². The predicted octanol–water partition coefficient (Wildman–Crippen LogP) is 3.34. The van der Waals surface area contributed by atoms with Crippen LogP contribution < -0.4 is 0 Å². The highest BCUT2D eigenvalue weighted by molar-refractivity contribution is 5.98. The van der Waals surface area contributed by atoms with Crippen LogP contribution in [-0.4, -0.2) is 17.6 Å². The molecule has 0 aliphatic heterocycles. The van der Waals surface area contributed by atoms with Crippen molar-refractivity contribution in [3.8, 4) is 11.3 Å². The largest absolute Gasteiger partial charge is 0.472 e. The lowest BCUT2D eigenvalue weighted by Gasteiger charge is -2.08. The number of nitrogens with zero attached hydrogens (tertiary/aromatic N) is 1. The van der Waals surface area contributed by atoms with Gasteiger partial charge in [-0.2, -0.15) is 0 Å². The number of ether oxygens (including phenoxy) is 1. The average molecular weight is 259 g/mol. The fourth-order valence-corrected chi connectivity index (χ4v) is 2.27. The number of methoxy groups -OCH3 is 1. The lowest BCUT2D eigenvalue weighted by atomic mass is 10.1. The summed E-state index contributed by atoms with van der Waals surface area (Å²) in [6.45, 7) is 8.29. The second kappa shape index (κ2) is 5.18. The summed E-state index contributed by atoms with van der Waals surface area (Å²) in [6, 6.07) is 1.83. The van der Waals surface area contributed by atoms with Gasteiger partial charge in [0.25, 0.3) is 0 Å². The highest BCUT2D eigenvalue weighted by Gasteiger charge is 2.24. The number of furan rings is 1. The molecule has 0 N–H and O–H groups in total. The van der Waals surface area contributed by atoms with Crippen LogP contribution in [0, 0.1) is 13.8 Å². The topological polar surface area (TPSA) is 44.4 Å². The van der Waals surface area contributed by atoms with Crippen molar-refractivity contribution in [2.75, 3.05) is 7.11 Å². The van der Waals surface area contributed by atoms with Crippen LogP contribution in [-0.2, 0) is 11.3 Å². The highest BCUT2D eigenvalue weighted by Crippen LogP contribution is 2.32. The van der Waals surface area contributed by atoms with E-state index in [-0.39, 0.29) is 5.97 Å². The first kappa shape index (κ1) is 13.2. The van der Waals surface area contributed by atoms with Crippen molar-refractivity contribution < 1.29 is 13.9 Å². The van der Waals surface area contributed by atoms with E-state index in [0.717, 1.165) is 22.5 Å². The molecule has 4 nitrogen and oxygen atoms in total. The van der Waals surface area contributed by atoms with E-state index in [0.29, 0.717) is 12.1 Å². The van der Waals surface area contributed by atoms with E-state index in [2.05, 4.69) is 6.58 Å². The molecule has 0 aliphatic rings. The van der Waals surface area contributed by atoms with Gasteiger partial charge in [-0.1, -0.05) is 6.08 Å². The molecule has 0 spiro atoms. The van der Waals surface area contributed by atoms with Crippen molar-refractivity contribution in [3.05, 3.63) is 48.1 Å². The number of allylic oxidation sites excluding steroid dienone is 1. The van der Waals surface area contributed by atoms with Gasteiger partial charge >= 0.3 is 5.97 Å². The summed E-state index contributed by atoms with van der Waals surface area (Å²) in [5, 5.41) is 0. The maximum absolute atomic E-state index is 12.0. The Labute approximate surface area is 112 Å². The molecule has 0 amide bonds. The lowest BCUT2D eigenvalue weighted by Crippen LogP contribution is -2.05. The van der Waals surface area contributed by atoms with E-state index in [1.807, 2.05) is 24.5 Å². The molecule has 19 heavy (non-hydrogen) atoms. The number of hydrogen-bond acceptors (Lipinski definition) is 3. The number of carbonyl (C=O) groups is 1. The fraction of sp³-hybridized carbons (Fsp3) is 0.267. The number of hydrogen-bond donors (Lipinski definition) is 0. The summed E-state index contributed by atoms with van der Waals surface area (Å²) in [5.41, 5.74) is 4.21. The molecule has 0 saturated carbocycles. The molecule has 100 valence electrons. The fourth-order valence-electron chi connectivity index (χ4n) is 2.27. The molecule has 2 rings (SSSR count). The van der Waals surface area contributed by atoms with Crippen molar-refractivity contribution in [2.24, 2.45) is 0 Å². The van der Waals surface area contributed by atoms with Gasteiger partial charge in [0.05, 0.1) is 30.9 Å². The molecule has 0 aromatic carbocycles. The number of rotatable bonds is 4. The Morgan fingerprint density at radius 1 is 1.53 bits per heavy atom. The minimum Gasteiger partial charge on any atom is -0.472 e. The molecule has 2 aromatic rings. The Balaban J connectivity index is 2.75. The molecule has 4 heteroatoms. The Hall–Kier alpha value is -2.23. The van der Waals surface area contributed by atoms with Gasteiger partial charge in [-0.3, -0.25) is 0 Å². The van der Waals surface area contributed by atoms with E-state index in [4.69, 9.17) is 9.15 Å². The first-order valence-corrected chi connectivity index (χ1v) is 6.03. The SMILES string of the molecule is C=CCn1c(C)c(C)c(C(=O)OC)c1-c1ccoc1. The third-order valence-electron chi connectivity index (χ3n) is 3.33. The molecule has 2 heterocycles.